The number of carbonyl (C=O) groups is 2. The molecule has 0 spiro atoms. The van der Waals surface area contributed by atoms with Gasteiger partial charge in [0.1, 0.15) is 11.4 Å². The number of piperidine rings is 1. The Morgan fingerprint density at radius 1 is 1.25 bits per heavy atom. The third-order valence-electron chi connectivity index (χ3n) is 4.62. The molecule has 1 aromatic rings. The van der Waals surface area contributed by atoms with Crippen LogP contribution in [0.2, 0.25) is 10.0 Å². The fraction of sp³-hybridized carbons (Fsp3) is 0.600. The summed E-state index contributed by atoms with van der Waals surface area (Å²) >= 11 is 11.8. The first-order valence-electron chi connectivity index (χ1n) is 9.38. The van der Waals surface area contributed by atoms with E-state index in [1.807, 2.05) is 20.8 Å². The van der Waals surface area contributed by atoms with Crippen LogP contribution in [0, 0.1) is 11.7 Å². The quantitative estimate of drug-likeness (QED) is 0.652. The first-order chi connectivity index (χ1) is 13.0. The molecule has 8 heteroatoms. The summed E-state index contributed by atoms with van der Waals surface area (Å²) in [7, 11) is 0. The van der Waals surface area contributed by atoms with E-state index >= 15 is 0 Å². The van der Waals surface area contributed by atoms with Crippen molar-refractivity contribution in [3.8, 4) is 0 Å². The van der Waals surface area contributed by atoms with Crippen LogP contribution in [0.4, 0.5) is 9.18 Å². The summed E-state index contributed by atoms with van der Waals surface area (Å²) in [4.78, 5) is 26.2. The van der Waals surface area contributed by atoms with Crippen LogP contribution in [0.25, 0.3) is 0 Å². The number of ether oxygens (including phenoxy) is 1. The van der Waals surface area contributed by atoms with Gasteiger partial charge in [0, 0.05) is 24.5 Å². The van der Waals surface area contributed by atoms with Gasteiger partial charge in [-0.25, -0.2) is 9.18 Å². The minimum Gasteiger partial charge on any atom is -0.444 e. The van der Waals surface area contributed by atoms with Crippen LogP contribution in [0.3, 0.4) is 0 Å². The maximum Gasteiger partial charge on any atom is 0.410 e. The molecule has 28 heavy (non-hydrogen) atoms. The fourth-order valence-corrected chi connectivity index (χ4v) is 3.70. The second-order valence-corrected chi connectivity index (χ2v) is 9.01. The Hall–Kier alpha value is -1.53. The van der Waals surface area contributed by atoms with Gasteiger partial charge in [0.2, 0.25) is 5.91 Å². The topological polar surface area (TPSA) is 58.6 Å². The van der Waals surface area contributed by atoms with Gasteiger partial charge < -0.3 is 15.0 Å². The Labute approximate surface area is 175 Å². The predicted octanol–water partition coefficient (Wildman–Crippen LogP) is 5.35. The number of rotatable bonds is 4. The number of amides is 2. The number of carbonyl (C=O) groups excluding carboxylic acids is 2. The van der Waals surface area contributed by atoms with Gasteiger partial charge in [0.05, 0.1) is 11.1 Å². The lowest BCUT2D eigenvalue weighted by Crippen LogP contribution is -2.42. The van der Waals surface area contributed by atoms with Gasteiger partial charge in [-0.3, -0.25) is 4.79 Å². The molecule has 0 bridgehead atoms. The van der Waals surface area contributed by atoms with E-state index in [9.17, 15) is 14.0 Å². The van der Waals surface area contributed by atoms with Crippen molar-refractivity contribution in [2.75, 3.05) is 13.1 Å². The van der Waals surface area contributed by atoms with Crippen molar-refractivity contribution < 1.29 is 18.7 Å². The fourth-order valence-electron chi connectivity index (χ4n) is 3.16. The highest BCUT2D eigenvalue weighted by atomic mass is 35.5. The Morgan fingerprint density at radius 2 is 1.86 bits per heavy atom. The Bertz CT molecular complexity index is 729. The SMILES string of the molecule is CC(NC(=O)CC1CCN(C(=O)OC(C)(C)C)CC1)c1cc(F)c(Cl)cc1Cl. The molecule has 1 aromatic carbocycles. The third kappa shape index (κ3) is 6.52. The smallest absolute Gasteiger partial charge is 0.410 e. The molecule has 1 unspecified atom stereocenters. The van der Waals surface area contributed by atoms with Gasteiger partial charge >= 0.3 is 6.09 Å². The van der Waals surface area contributed by atoms with Crippen LogP contribution >= 0.6 is 23.2 Å². The Morgan fingerprint density at radius 3 is 2.43 bits per heavy atom. The molecule has 1 N–H and O–H groups in total. The third-order valence-corrected chi connectivity index (χ3v) is 5.24. The largest absolute Gasteiger partial charge is 0.444 e. The number of halogens is 3. The minimum absolute atomic E-state index is 0.0518. The van der Waals surface area contributed by atoms with E-state index < -0.39 is 17.5 Å². The first-order valence-corrected chi connectivity index (χ1v) is 10.1. The average molecular weight is 433 g/mol. The van der Waals surface area contributed by atoms with Crippen molar-refractivity contribution in [2.24, 2.45) is 5.92 Å². The highest BCUT2D eigenvalue weighted by Gasteiger charge is 2.28. The van der Waals surface area contributed by atoms with Crippen LogP contribution in [0.1, 0.15) is 58.6 Å². The maximum atomic E-state index is 13.7. The predicted molar refractivity (Wildman–Crippen MR) is 108 cm³/mol. The molecule has 5 nitrogen and oxygen atoms in total. The maximum absolute atomic E-state index is 13.7. The molecule has 1 heterocycles. The number of benzene rings is 1. The van der Waals surface area contributed by atoms with Crippen LogP contribution in [-0.2, 0) is 9.53 Å². The summed E-state index contributed by atoms with van der Waals surface area (Å²) in [5.74, 6) is -0.519. The molecule has 0 saturated carbocycles. The lowest BCUT2D eigenvalue weighted by molar-refractivity contribution is -0.123. The van der Waals surface area contributed by atoms with Crippen LogP contribution in [0.15, 0.2) is 12.1 Å². The molecule has 2 rings (SSSR count). The molecule has 1 fully saturated rings. The standard InChI is InChI=1S/C20H27Cl2FN2O3/c1-12(14-10-17(23)16(22)11-15(14)21)24-18(26)9-13-5-7-25(8-6-13)19(27)28-20(2,3)4/h10-13H,5-9H2,1-4H3,(H,24,26). The van der Waals surface area contributed by atoms with E-state index in [-0.39, 0.29) is 22.9 Å². The van der Waals surface area contributed by atoms with Crippen molar-refractivity contribution in [2.45, 2.75) is 58.6 Å². The second-order valence-electron chi connectivity index (χ2n) is 8.19. The summed E-state index contributed by atoms with van der Waals surface area (Å²) < 4.78 is 19.1. The van der Waals surface area contributed by atoms with Gasteiger partial charge in [-0.1, -0.05) is 23.2 Å². The molecular weight excluding hydrogens is 406 g/mol. The normalized spacial score (nSPS) is 16.6. The first kappa shape index (κ1) is 22.8. The van der Waals surface area contributed by atoms with Crippen LogP contribution < -0.4 is 5.32 Å². The van der Waals surface area contributed by atoms with Gasteiger partial charge in [-0.2, -0.15) is 0 Å². The van der Waals surface area contributed by atoms with E-state index in [2.05, 4.69) is 5.32 Å². The van der Waals surface area contributed by atoms with Crippen molar-refractivity contribution >= 4 is 35.2 Å². The zero-order valence-corrected chi connectivity index (χ0v) is 18.2. The number of nitrogens with zero attached hydrogens (tertiary/aromatic N) is 1. The summed E-state index contributed by atoms with van der Waals surface area (Å²) in [6.45, 7) is 8.39. The van der Waals surface area contributed by atoms with Gasteiger partial charge in [-0.05, 0) is 64.2 Å². The van der Waals surface area contributed by atoms with Gasteiger partial charge in [-0.15, -0.1) is 0 Å². The van der Waals surface area contributed by atoms with E-state index in [0.717, 1.165) is 12.8 Å². The number of hydrogen-bond acceptors (Lipinski definition) is 3. The summed E-state index contributed by atoms with van der Waals surface area (Å²) in [5.41, 5.74) is -0.0384. The second kappa shape index (κ2) is 9.31. The molecule has 0 aromatic heterocycles. The van der Waals surface area contributed by atoms with Crippen LogP contribution in [-0.4, -0.2) is 35.6 Å². The van der Waals surface area contributed by atoms with Crippen molar-refractivity contribution in [3.63, 3.8) is 0 Å². The number of hydrogen-bond donors (Lipinski definition) is 1. The molecule has 1 aliphatic rings. The minimum atomic E-state index is -0.573. The van der Waals surface area contributed by atoms with E-state index in [1.165, 1.54) is 12.1 Å². The highest BCUT2D eigenvalue weighted by Crippen LogP contribution is 2.29. The average Bonchev–Trinajstić information content (AvgIpc) is 2.57. The van der Waals surface area contributed by atoms with E-state index in [4.69, 9.17) is 27.9 Å². The summed E-state index contributed by atoms with van der Waals surface area (Å²) in [5, 5.41) is 3.12. The highest BCUT2D eigenvalue weighted by molar-refractivity contribution is 6.35. The van der Waals surface area contributed by atoms with Gasteiger partial charge in [0.15, 0.2) is 0 Å². The Kier molecular flexibility index (Phi) is 7.57. The molecule has 1 saturated heterocycles. The van der Waals surface area contributed by atoms with Crippen molar-refractivity contribution in [1.82, 2.24) is 10.2 Å². The molecule has 1 atom stereocenters. The monoisotopic (exact) mass is 432 g/mol. The zero-order chi connectivity index (χ0) is 21.1. The van der Waals surface area contributed by atoms with E-state index in [1.54, 1.807) is 11.8 Å². The molecule has 0 aliphatic carbocycles. The van der Waals surface area contributed by atoms with E-state index in [0.29, 0.717) is 30.1 Å². The number of likely N-dealkylation sites (tertiary alicyclic amines) is 1. The Balaban J connectivity index is 1.83. The number of nitrogens with one attached hydrogen (secondary N) is 1. The summed E-state index contributed by atoms with van der Waals surface area (Å²) in [6.07, 6.45) is 1.50. The lowest BCUT2D eigenvalue weighted by atomic mass is 9.93. The molecule has 156 valence electrons. The lowest BCUT2D eigenvalue weighted by Gasteiger charge is -2.33. The molecule has 2 amide bonds. The molecule has 0 radical (unpaired) electrons. The van der Waals surface area contributed by atoms with Crippen molar-refractivity contribution in [3.05, 3.63) is 33.6 Å². The molecular formula is C20H27Cl2FN2O3. The van der Waals surface area contributed by atoms with Crippen molar-refractivity contribution in [1.29, 1.82) is 0 Å². The zero-order valence-electron chi connectivity index (χ0n) is 16.7. The van der Waals surface area contributed by atoms with Crippen LogP contribution in [0.5, 0.6) is 0 Å². The molecule has 1 aliphatic heterocycles. The van der Waals surface area contributed by atoms with Gasteiger partial charge in [0.25, 0.3) is 0 Å². The summed E-state index contributed by atoms with van der Waals surface area (Å²) in [6, 6.07) is 2.14.